The number of pyridine rings is 1. The molecule has 0 aliphatic carbocycles. The van der Waals surface area contributed by atoms with Crippen molar-refractivity contribution in [2.75, 3.05) is 18.0 Å². The molecule has 2 bridgehead atoms. The molecule has 1 aromatic heterocycles. The number of carbonyl (C=O) groups excluding carboxylic acids is 1. The lowest BCUT2D eigenvalue weighted by molar-refractivity contribution is -0.149. The van der Waals surface area contributed by atoms with E-state index in [9.17, 15) is 10.1 Å². The van der Waals surface area contributed by atoms with Crippen LogP contribution in [-0.2, 0) is 4.79 Å². The number of anilines is 1. The third-order valence-electron chi connectivity index (χ3n) is 7.27. The summed E-state index contributed by atoms with van der Waals surface area (Å²) < 4.78 is 0. The van der Waals surface area contributed by atoms with Crippen molar-refractivity contribution in [2.45, 2.75) is 78.3 Å². The number of rotatable bonds is 4. The second kappa shape index (κ2) is 7.97. The van der Waals surface area contributed by atoms with Gasteiger partial charge in [0, 0.05) is 37.3 Å². The average Bonchev–Trinajstić information content (AvgIpc) is 2.67. The molecule has 1 aromatic rings. The third kappa shape index (κ3) is 3.74. The van der Waals surface area contributed by atoms with Crippen molar-refractivity contribution < 1.29 is 4.79 Å². The van der Waals surface area contributed by atoms with Crippen LogP contribution in [0.15, 0.2) is 6.07 Å². The number of nitriles is 1. The van der Waals surface area contributed by atoms with E-state index >= 15 is 0 Å². The van der Waals surface area contributed by atoms with Gasteiger partial charge in [0.25, 0.3) is 0 Å². The van der Waals surface area contributed by atoms with E-state index in [0.29, 0.717) is 41.3 Å². The van der Waals surface area contributed by atoms with Crippen LogP contribution in [0.25, 0.3) is 0 Å². The molecule has 4 rings (SSSR count). The van der Waals surface area contributed by atoms with Gasteiger partial charge in [0.15, 0.2) is 0 Å². The van der Waals surface area contributed by atoms with Gasteiger partial charge in [-0.2, -0.15) is 5.26 Å². The highest BCUT2D eigenvalue weighted by atomic mass is 16.2. The zero-order chi connectivity index (χ0) is 20.7. The first-order valence-electron chi connectivity index (χ1n) is 11.3. The Balaban J connectivity index is 1.67. The number of nitrogens with zero attached hydrogens (tertiary/aromatic N) is 4. The molecule has 0 aromatic carbocycles. The fraction of sp³-hybridized carbons (Fsp3) is 0.708. The third-order valence-corrected chi connectivity index (χ3v) is 7.27. The fourth-order valence-electron chi connectivity index (χ4n) is 6.01. The molecular weight excluding hydrogens is 360 g/mol. The monoisotopic (exact) mass is 394 g/mol. The Morgan fingerprint density at radius 3 is 2.76 bits per heavy atom. The number of amides is 1. The van der Waals surface area contributed by atoms with Crippen molar-refractivity contribution in [3.8, 4) is 6.07 Å². The van der Waals surface area contributed by atoms with Crippen molar-refractivity contribution in [1.82, 2.24) is 9.88 Å². The van der Waals surface area contributed by atoms with E-state index in [-0.39, 0.29) is 0 Å². The van der Waals surface area contributed by atoms with E-state index < -0.39 is 0 Å². The Morgan fingerprint density at radius 2 is 2.03 bits per heavy atom. The Bertz CT molecular complexity index is 827. The smallest absolute Gasteiger partial charge is 0.223 e. The van der Waals surface area contributed by atoms with Gasteiger partial charge in [-0.05, 0) is 75.3 Å². The Labute approximate surface area is 175 Å². The van der Waals surface area contributed by atoms with E-state index in [1.165, 1.54) is 6.42 Å². The second-order valence-corrected chi connectivity index (χ2v) is 9.85. The maximum Gasteiger partial charge on any atom is 0.223 e. The first kappa shape index (κ1) is 20.2. The van der Waals surface area contributed by atoms with Gasteiger partial charge in [0.05, 0.1) is 5.56 Å². The minimum Gasteiger partial charge on any atom is -0.355 e. The van der Waals surface area contributed by atoms with Crippen LogP contribution in [0, 0.1) is 42.9 Å². The number of aryl methyl sites for hydroxylation is 2. The summed E-state index contributed by atoms with van der Waals surface area (Å²) in [5, 5.41) is 9.77. The molecule has 3 aliphatic rings. The molecule has 3 aliphatic heterocycles. The lowest BCUT2D eigenvalue weighted by atomic mass is 9.70. The largest absolute Gasteiger partial charge is 0.355 e. The molecule has 0 N–H and O–H groups in total. The SMILES string of the molecule is Cc1cc(C)c(C#N)c(N2C[C@H]3C[C@@H](C2)[C@H](CCC(C)C)N2C(=O)CCC[C@@H]32)n1. The van der Waals surface area contributed by atoms with Crippen molar-refractivity contribution in [1.29, 1.82) is 5.26 Å². The number of fused-ring (bicyclic) bond motifs is 4. The van der Waals surface area contributed by atoms with Crippen LogP contribution in [0.2, 0.25) is 0 Å². The van der Waals surface area contributed by atoms with E-state index in [0.717, 1.165) is 62.3 Å². The zero-order valence-electron chi connectivity index (χ0n) is 18.3. The van der Waals surface area contributed by atoms with Gasteiger partial charge in [-0.25, -0.2) is 4.98 Å². The topological polar surface area (TPSA) is 60.2 Å². The van der Waals surface area contributed by atoms with Crippen molar-refractivity contribution >= 4 is 11.7 Å². The number of piperidine rings is 3. The lowest BCUT2D eigenvalue weighted by Gasteiger charge is -2.57. The lowest BCUT2D eigenvalue weighted by Crippen LogP contribution is -2.65. The minimum atomic E-state index is 0.339. The quantitative estimate of drug-likeness (QED) is 0.767. The normalized spacial score (nSPS) is 29.0. The van der Waals surface area contributed by atoms with Gasteiger partial charge in [0.1, 0.15) is 11.9 Å². The molecular formula is C24H34N4O. The molecule has 0 spiro atoms. The summed E-state index contributed by atoms with van der Waals surface area (Å²) in [5.41, 5.74) is 2.69. The van der Waals surface area contributed by atoms with Crippen LogP contribution in [0.3, 0.4) is 0 Å². The van der Waals surface area contributed by atoms with E-state index in [1.54, 1.807) is 0 Å². The van der Waals surface area contributed by atoms with Gasteiger partial charge in [0.2, 0.25) is 5.91 Å². The van der Waals surface area contributed by atoms with Gasteiger partial charge in [-0.15, -0.1) is 0 Å². The van der Waals surface area contributed by atoms with Gasteiger partial charge < -0.3 is 9.80 Å². The Hall–Kier alpha value is -2.09. The maximum atomic E-state index is 12.9. The Kier molecular flexibility index (Phi) is 5.55. The summed E-state index contributed by atoms with van der Waals surface area (Å²) in [6, 6.07) is 5.10. The summed E-state index contributed by atoms with van der Waals surface area (Å²) in [5.74, 6) is 2.85. The van der Waals surface area contributed by atoms with Crippen molar-refractivity contribution in [3.05, 3.63) is 22.9 Å². The van der Waals surface area contributed by atoms with Crippen LogP contribution in [0.1, 0.15) is 69.2 Å². The Morgan fingerprint density at radius 1 is 1.28 bits per heavy atom. The summed E-state index contributed by atoms with van der Waals surface area (Å²) in [6.45, 7) is 10.4. The van der Waals surface area contributed by atoms with Crippen LogP contribution in [-0.4, -0.2) is 41.0 Å². The highest BCUT2D eigenvalue weighted by Gasteiger charge is 2.49. The predicted molar refractivity (Wildman–Crippen MR) is 115 cm³/mol. The first-order valence-corrected chi connectivity index (χ1v) is 11.3. The van der Waals surface area contributed by atoms with Crippen LogP contribution in [0.4, 0.5) is 5.82 Å². The highest BCUT2D eigenvalue weighted by molar-refractivity contribution is 5.78. The highest BCUT2D eigenvalue weighted by Crippen LogP contribution is 2.44. The molecule has 3 fully saturated rings. The van der Waals surface area contributed by atoms with Gasteiger partial charge >= 0.3 is 0 Å². The molecule has 0 radical (unpaired) electrons. The molecule has 29 heavy (non-hydrogen) atoms. The molecule has 156 valence electrons. The number of aromatic nitrogens is 1. The van der Waals surface area contributed by atoms with E-state index in [1.807, 2.05) is 19.9 Å². The molecule has 0 unspecified atom stereocenters. The fourth-order valence-corrected chi connectivity index (χ4v) is 6.01. The predicted octanol–water partition coefficient (Wildman–Crippen LogP) is 4.21. The molecule has 5 heteroatoms. The standard InChI is InChI=1S/C24H34N4O/c1-15(2)8-9-22-19-11-18(21-6-5-7-23(29)28(21)22)13-27(14-19)24-20(12-25)16(3)10-17(4)26-24/h10,15,18-19,21-22H,5-9,11,13-14H2,1-4H3/t18-,19+,21+,22+/m1/s1. The first-order chi connectivity index (χ1) is 13.9. The van der Waals surface area contributed by atoms with Crippen molar-refractivity contribution in [2.24, 2.45) is 17.8 Å². The average molecular weight is 395 g/mol. The number of hydrogen-bond donors (Lipinski definition) is 0. The zero-order valence-corrected chi connectivity index (χ0v) is 18.3. The summed E-state index contributed by atoms with van der Waals surface area (Å²) >= 11 is 0. The van der Waals surface area contributed by atoms with E-state index in [4.69, 9.17) is 4.98 Å². The van der Waals surface area contributed by atoms with Crippen molar-refractivity contribution in [3.63, 3.8) is 0 Å². The number of carbonyl (C=O) groups is 1. The summed E-state index contributed by atoms with van der Waals surface area (Å²) in [4.78, 5) is 22.4. The molecule has 5 nitrogen and oxygen atoms in total. The van der Waals surface area contributed by atoms with Gasteiger partial charge in [-0.1, -0.05) is 13.8 Å². The minimum absolute atomic E-state index is 0.339. The van der Waals surface area contributed by atoms with Crippen LogP contribution in [0.5, 0.6) is 0 Å². The summed E-state index contributed by atoms with van der Waals surface area (Å²) in [6.07, 6.45) is 6.32. The van der Waals surface area contributed by atoms with Gasteiger partial charge in [-0.3, -0.25) is 4.79 Å². The van der Waals surface area contributed by atoms with Crippen LogP contribution < -0.4 is 4.90 Å². The maximum absolute atomic E-state index is 12.9. The molecule has 4 atom stereocenters. The molecule has 3 saturated heterocycles. The molecule has 0 saturated carbocycles. The summed E-state index contributed by atoms with van der Waals surface area (Å²) in [7, 11) is 0. The molecule has 1 amide bonds. The second-order valence-electron chi connectivity index (χ2n) is 9.85. The van der Waals surface area contributed by atoms with Crippen LogP contribution >= 0.6 is 0 Å². The number of hydrogen-bond acceptors (Lipinski definition) is 4. The molecule has 4 heterocycles. The van der Waals surface area contributed by atoms with E-state index in [2.05, 4.69) is 29.7 Å².